The fraction of sp³-hybridized carbons (Fsp3) is 0.111. The van der Waals surface area contributed by atoms with Crippen molar-refractivity contribution in [2.75, 3.05) is 6.54 Å². The molecule has 0 unspecified atom stereocenters. The topological polar surface area (TPSA) is 78.4 Å². The molecular weight excluding hydrogens is 328 g/mol. The van der Waals surface area contributed by atoms with Crippen LogP contribution in [0.15, 0.2) is 59.2 Å². The van der Waals surface area contributed by atoms with Crippen molar-refractivity contribution in [3.63, 3.8) is 0 Å². The Hall–Kier alpha value is -2.63. The Balaban J connectivity index is 1.81. The van der Waals surface area contributed by atoms with Crippen molar-refractivity contribution in [2.24, 2.45) is 5.73 Å². The van der Waals surface area contributed by atoms with Crippen LogP contribution >= 0.6 is 11.6 Å². The van der Waals surface area contributed by atoms with Gasteiger partial charge < -0.3 is 14.9 Å². The summed E-state index contributed by atoms with van der Waals surface area (Å²) < 4.78 is 10.6. The van der Waals surface area contributed by atoms with Gasteiger partial charge in [-0.15, -0.1) is 0 Å². The predicted octanol–water partition coefficient (Wildman–Crippen LogP) is 3.66. The van der Waals surface area contributed by atoms with Gasteiger partial charge in [-0.05, 0) is 29.8 Å². The second kappa shape index (κ2) is 7.29. The summed E-state index contributed by atoms with van der Waals surface area (Å²) in [6.45, 7) is 0.0366. The summed E-state index contributed by atoms with van der Waals surface area (Å²) in [6.07, 6.45) is 1.58. The molecule has 2 N–H and O–H groups in total. The molecule has 0 aliphatic heterocycles. The Labute approximate surface area is 144 Å². The standard InChI is InChI=1S/C18H15ClN2O3/c19-15-6-2-5-14(8-15)18-21-16(11-24-18)13-4-1-3-12(7-13)10-23-17(22)9-20/h1-8,11H,9-10,20H2. The van der Waals surface area contributed by atoms with E-state index >= 15 is 0 Å². The summed E-state index contributed by atoms with van der Waals surface area (Å²) in [6, 6.07) is 14.8. The van der Waals surface area contributed by atoms with E-state index < -0.39 is 5.97 Å². The smallest absolute Gasteiger partial charge is 0.320 e. The molecule has 0 atom stereocenters. The van der Waals surface area contributed by atoms with Gasteiger partial charge in [-0.2, -0.15) is 0 Å². The summed E-state index contributed by atoms with van der Waals surface area (Å²) in [4.78, 5) is 15.6. The molecule has 1 heterocycles. The maximum atomic E-state index is 11.1. The third kappa shape index (κ3) is 3.82. The minimum absolute atomic E-state index is 0.133. The molecule has 3 aromatic rings. The molecule has 0 aliphatic carbocycles. The molecule has 0 radical (unpaired) electrons. The number of carbonyl (C=O) groups excluding carboxylic acids is 1. The van der Waals surface area contributed by atoms with Crippen LogP contribution in [0.5, 0.6) is 0 Å². The molecule has 0 bridgehead atoms. The molecule has 3 rings (SSSR count). The van der Waals surface area contributed by atoms with E-state index in [1.54, 1.807) is 18.4 Å². The van der Waals surface area contributed by atoms with Gasteiger partial charge in [0, 0.05) is 16.1 Å². The first-order valence-electron chi connectivity index (χ1n) is 7.32. The van der Waals surface area contributed by atoms with E-state index in [1.807, 2.05) is 36.4 Å². The molecule has 122 valence electrons. The number of ether oxygens (including phenoxy) is 1. The van der Waals surface area contributed by atoms with Crippen molar-refractivity contribution in [3.05, 3.63) is 65.4 Å². The fourth-order valence-electron chi connectivity index (χ4n) is 2.20. The highest BCUT2D eigenvalue weighted by Crippen LogP contribution is 2.26. The highest BCUT2D eigenvalue weighted by molar-refractivity contribution is 6.30. The van der Waals surface area contributed by atoms with Crippen molar-refractivity contribution in [3.8, 4) is 22.7 Å². The molecule has 0 saturated carbocycles. The fourth-order valence-corrected chi connectivity index (χ4v) is 2.39. The van der Waals surface area contributed by atoms with E-state index in [9.17, 15) is 4.79 Å². The Morgan fingerprint density at radius 3 is 2.75 bits per heavy atom. The van der Waals surface area contributed by atoms with Gasteiger partial charge in [0.1, 0.15) is 18.6 Å². The van der Waals surface area contributed by atoms with Crippen LogP contribution in [0, 0.1) is 0 Å². The lowest BCUT2D eigenvalue weighted by molar-refractivity contribution is -0.143. The number of esters is 1. The number of nitrogens with zero attached hydrogens (tertiary/aromatic N) is 1. The van der Waals surface area contributed by atoms with Crippen LogP contribution < -0.4 is 5.73 Å². The molecule has 0 spiro atoms. The summed E-state index contributed by atoms with van der Waals surface area (Å²) in [5.74, 6) is 0.0533. The van der Waals surface area contributed by atoms with Gasteiger partial charge in [0.25, 0.3) is 0 Å². The third-order valence-corrected chi connectivity index (χ3v) is 3.60. The zero-order valence-electron chi connectivity index (χ0n) is 12.7. The Morgan fingerprint density at radius 1 is 1.17 bits per heavy atom. The molecule has 6 heteroatoms. The zero-order chi connectivity index (χ0) is 16.9. The van der Waals surface area contributed by atoms with Crippen molar-refractivity contribution in [1.29, 1.82) is 0 Å². The molecule has 5 nitrogen and oxygen atoms in total. The van der Waals surface area contributed by atoms with E-state index in [-0.39, 0.29) is 13.2 Å². The number of rotatable bonds is 5. The van der Waals surface area contributed by atoms with Gasteiger partial charge in [-0.25, -0.2) is 4.98 Å². The molecule has 1 aromatic heterocycles. The number of nitrogens with two attached hydrogens (primary N) is 1. The van der Waals surface area contributed by atoms with Gasteiger partial charge in [0.2, 0.25) is 5.89 Å². The van der Waals surface area contributed by atoms with Gasteiger partial charge in [-0.1, -0.05) is 35.9 Å². The first-order chi connectivity index (χ1) is 11.7. The molecule has 0 saturated heterocycles. The molecule has 0 aliphatic rings. The molecular formula is C18H15ClN2O3. The first kappa shape index (κ1) is 16.2. The average Bonchev–Trinajstić information content (AvgIpc) is 3.10. The number of hydrogen-bond donors (Lipinski definition) is 1. The van der Waals surface area contributed by atoms with Crippen molar-refractivity contribution in [2.45, 2.75) is 6.61 Å². The summed E-state index contributed by atoms with van der Waals surface area (Å²) in [7, 11) is 0. The van der Waals surface area contributed by atoms with Gasteiger partial charge in [-0.3, -0.25) is 4.79 Å². The van der Waals surface area contributed by atoms with E-state index in [0.29, 0.717) is 16.6 Å². The normalized spacial score (nSPS) is 10.6. The minimum atomic E-state index is -0.440. The Morgan fingerprint density at radius 2 is 1.96 bits per heavy atom. The highest BCUT2D eigenvalue weighted by atomic mass is 35.5. The third-order valence-electron chi connectivity index (χ3n) is 3.36. The first-order valence-corrected chi connectivity index (χ1v) is 7.70. The van der Waals surface area contributed by atoms with Crippen LogP contribution in [-0.2, 0) is 16.1 Å². The number of halogens is 1. The maximum absolute atomic E-state index is 11.1. The number of carbonyl (C=O) groups is 1. The largest absolute Gasteiger partial charge is 0.460 e. The van der Waals surface area contributed by atoms with Crippen LogP contribution in [0.1, 0.15) is 5.56 Å². The maximum Gasteiger partial charge on any atom is 0.320 e. The lowest BCUT2D eigenvalue weighted by Gasteiger charge is -2.04. The number of hydrogen-bond acceptors (Lipinski definition) is 5. The molecule has 2 aromatic carbocycles. The van der Waals surface area contributed by atoms with Gasteiger partial charge in [0.05, 0.1) is 6.54 Å². The lowest BCUT2D eigenvalue weighted by atomic mass is 10.1. The SMILES string of the molecule is NCC(=O)OCc1cccc(-c2coc(-c3cccc(Cl)c3)n2)c1. The van der Waals surface area contributed by atoms with Crippen LogP contribution in [0.2, 0.25) is 5.02 Å². The van der Waals surface area contributed by atoms with Crippen molar-refractivity contribution < 1.29 is 13.9 Å². The quantitative estimate of drug-likeness (QED) is 0.716. The van der Waals surface area contributed by atoms with E-state index in [2.05, 4.69) is 4.98 Å². The van der Waals surface area contributed by atoms with Crippen LogP contribution in [-0.4, -0.2) is 17.5 Å². The molecule has 24 heavy (non-hydrogen) atoms. The summed E-state index contributed by atoms with van der Waals surface area (Å²) in [5.41, 5.74) is 8.44. The monoisotopic (exact) mass is 342 g/mol. The minimum Gasteiger partial charge on any atom is -0.460 e. The summed E-state index contributed by atoms with van der Waals surface area (Å²) >= 11 is 5.99. The Bertz CT molecular complexity index is 861. The molecule has 0 fully saturated rings. The average molecular weight is 343 g/mol. The number of benzene rings is 2. The molecule has 0 amide bonds. The van der Waals surface area contributed by atoms with Crippen molar-refractivity contribution in [1.82, 2.24) is 4.98 Å². The highest BCUT2D eigenvalue weighted by Gasteiger charge is 2.10. The predicted molar refractivity (Wildman–Crippen MR) is 91.2 cm³/mol. The summed E-state index contributed by atoms with van der Waals surface area (Å²) in [5, 5.41) is 0.621. The van der Waals surface area contributed by atoms with Crippen LogP contribution in [0.4, 0.5) is 0 Å². The second-order valence-electron chi connectivity index (χ2n) is 5.11. The number of aromatic nitrogens is 1. The van der Waals surface area contributed by atoms with Crippen LogP contribution in [0.3, 0.4) is 0 Å². The van der Waals surface area contributed by atoms with Crippen LogP contribution in [0.25, 0.3) is 22.7 Å². The Kier molecular flexibility index (Phi) is 4.93. The van der Waals surface area contributed by atoms with E-state index in [1.165, 1.54) is 0 Å². The van der Waals surface area contributed by atoms with E-state index in [4.69, 9.17) is 26.5 Å². The van der Waals surface area contributed by atoms with E-state index in [0.717, 1.165) is 16.7 Å². The van der Waals surface area contributed by atoms with Gasteiger partial charge >= 0.3 is 5.97 Å². The second-order valence-corrected chi connectivity index (χ2v) is 5.55. The van der Waals surface area contributed by atoms with Crippen molar-refractivity contribution >= 4 is 17.6 Å². The number of oxazole rings is 1. The van der Waals surface area contributed by atoms with Gasteiger partial charge in [0.15, 0.2) is 0 Å². The zero-order valence-corrected chi connectivity index (χ0v) is 13.5. The lowest BCUT2D eigenvalue weighted by Crippen LogP contribution is -2.16.